The number of rotatable bonds is 12. The number of hydroxylamine groups is 1. The van der Waals surface area contributed by atoms with Gasteiger partial charge in [0.25, 0.3) is 0 Å². The summed E-state index contributed by atoms with van der Waals surface area (Å²) in [7, 11) is 0. The number of aromatic nitrogens is 3. The molecule has 1 aliphatic rings. The maximum Gasteiger partial charge on any atom is 0.243 e. The van der Waals surface area contributed by atoms with E-state index >= 15 is 0 Å². The van der Waals surface area contributed by atoms with Gasteiger partial charge < -0.3 is 10.3 Å². The molecule has 0 saturated carbocycles. The molecule has 0 aliphatic carbocycles. The predicted molar refractivity (Wildman–Crippen MR) is 163 cm³/mol. The summed E-state index contributed by atoms with van der Waals surface area (Å²) in [5.41, 5.74) is 6.88. The van der Waals surface area contributed by atoms with Crippen molar-refractivity contribution in [3.63, 3.8) is 0 Å². The number of unbranched alkanes of at least 4 members (excludes halogenated alkanes) is 2. The summed E-state index contributed by atoms with van der Waals surface area (Å²) in [4.78, 5) is 26.0. The molecular weight excluding hydrogens is 531 g/mol. The van der Waals surface area contributed by atoms with Crippen LogP contribution in [0.15, 0.2) is 60.9 Å². The molecule has 2 aromatic carbocycles. The summed E-state index contributed by atoms with van der Waals surface area (Å²) >= 11 is 0. The van der Waals surface area contributed by atoms with Crippen molar-refractivity contribution in [2.75, 3.05) is 18.4 Å². The Hall–Kier alpha value is -3.82. The number of carbonyl (C=O) groups is 1. The molecule has 0 radical (unpaired) electrons. The van der Waals surface area contributed by atoms with Crippen LogP contribution in [0, 0.1) is 11.7 Å². The third-order valence-electron chi connectivity index (χ3n) is 8.30. The van der Waals surface area contributed by atoms with Crippen LogP contribution in [0.3, 0.4) is 0 Å². The van der Waals surface area contributed by atoms with E-state index in [0.29, 0.717) is 13.0 Å². The lowest BCUT2D eigenvalue weighted by Gasteiger charge is -2.28. The topological polar surface area (TPSA) is 106 Å². The van der Waals surface area contributed by atoms with Crippen molar-refractivity contribution in [3.8, 4) is 11.3 Å². The lowest BCUT2D eigenvalue weighted by Crippen LogP contribution is -2.29. The molecule has 5 rings (SSSR count). The highest BCUT2D eigenvalue weighted by atomic mass is 19.1. The highest BCUT2D eigenvalue weighted by Crippen LogP contribution is 2.28. The van der Waals surface area contributed by atoms with Crippen molar-refractivity contribution in [3.05, 3.63) is 77.9 Å². The summed E-state index contributed by atoms with van der Waals surface area (Å²) in [6, 6.07) is 17.3. The lowest BCUT2D eigenvalue weighted by atomic mass is 9.90. The number of carbonyl (C=O) groups excluding carboxylic acids is 1. The third-order valence-corrected chi connectivity index (χ3v) is 8.30. The standard InChI is InChI=1S/C33H41FN6O2/c34-28-15-11-25(12-16-28)21-35-32-29-20-30(38-33(29)37-23-36-32)27-13-9-26(10-14-27)22-40-18-5-4-7-24(17-19-40)6-2-1-3-8-31(41)39-42/h9-16,20,23-24,42H,1-8,17-19,21-22H2,(H,39,41)(H2,35,36,37,38). The lowest BCUT2D eigenvalue weighted by molar-refractivity contribution is -0.129. The molecule has 4 aromatic rings. The van der Waals surface area contributed by atoms with Gasteiger partial charge in [-0.3, -0.25) is 14.9 Å². The maximum atomic E-state index is 13.2. The van der Waals surface area contributed by atoms with Crippen molar-refractivity contribution < 1.29 is 14.4 Å². The number of nitrogens with one attached hydrogen (secondary N) is 3. The molecule has 1 amide bonds. The van der Waals surface area contributed by atoms with Crippen molar-refractivity contribution in [1.29, 1.82) is 0 Å². The normalized spacial score (nSPS) is 16.2. The number of fused-ring (bicyclic) bond motifs is 1. The molecule has 1 atom stereocenters. The van der Waals surface area contributed by atoms with Gasteiger partial charge in [-0.2, -0.15) is 0 Å². The molecule has 8 nitrogen and oxygen atoms in total. The second-order valence-corrected chi connectivity index (χ2v) is 11.4. The van der Waals surface area contributed by atoms with Gasteiger partial charge in [0.15, 0.2) is 0 Å². The molecule has 0 spiro atoms. The average Bonchev–Trinajstić information content (AvgIpc) is 3.44. The zero-order valence-electron chi connectivity index (χ0n) is 24.1. The van der Waals surface area contributed by atoms with E-state index in [0.717, 1.165) is 78.5 Å². The van der Waals surface area contributed by atoms with Gasteiger partial charge in [0.1, 0.15) is 23.6 Å². The summed E-state index contributed by atoms with van der Waals surface area (Å²) in [5, 5.41) is 12.9. The Morgan fingerprint density at radius 1 is 0.976 bits per heavy atom. The minimum Gasteiger partial charge on any atom is -0.365 e. The van der Waals surface area contributed by atoms with Gasteiger partial charge in [0.2, 0.25) is 5.91 Å². The van der Waals surface area contributed by atoms with Crippen molar-refractivity contribution in [1.82, 2.24) is 25.3 Å². The van der Waals surface area contributed by atoms with E-state index in [-0.39, 0.29) is 11.7 Å². The number of halogens is 1. The number of aromatic amines is 1. The molecule has 1 unspecified atom stereocenters. The highest BCUT2D eigenvalue weighted by Gasteiger charge is 2.16. The Bertz CT molecular complexity index is 1420. The van der Waals surface area contributed by atoms with E-state index in [4.69, 9.17) is 5.21 Å². The molecule has 42 heavy (non-hydrogen) atoms. The summed E-state index contributed by atoms with van der Waals surface area (Å²) in [5.74, 6) is 0.962. The molecule has 2 aromatic heterocycles. The fraction of sp³-hybridized carbons (Fsp3) is 0.424. The van der Waals surface area contributed by atoms with Gasteiger partial charge >= 0.3 is 0 Å². The van der Waals surface area contributed by atoms with Crippen molar-refractivity contribution in [2.45, 2.75) is 70.9 Å². The second kappa shape index (κ2) is 14.9. The fourth-order valence-corrected chi connectivity index (χ4v) is 5.86. The number of hydrogen-bond acceptors (Lipinski definition) is 6. The number of hydrogen-bond donors (Lipinski definition) is 4. The number of anilines is 1. The SMILES string of the molecule is O=C(CCCCCC1CCCCN(Cc2ccc(-c3cc4c(NCc5ccc(F)cc5)ncnc4[nH]3)cc2)CC1)NO. The van der Waals surface area contributed by atoms with Crippen LogP contribution >= 0.6 is 0 Å². The number of nitrogens with zero attached hydrogens (tertiary/aromatic N) is 3. The number of likely N-dealkylation sites (tertiary alicyclic amines) is 1. The average molecular weight is 573 g/mol. The quantitative estimate of drug-likeness (QED) is 0.0843. The second-order valence-electron chi connectivity index (χ2n) is 11.4. The molecule has 1 fully saturated rings. The van der Waals surface area contributed by atoms with Crippen LogP contribution in [0.5, 0.6) is 0 Å². The third kappa shape index (κ3) is 8.36. The van der Waals surface area contributed by atoms with E-state index < -0.39 is 0 Å². The zero-order chi connectivity index (χ0) is 29.1. The summed E-state index contributed by atoms with van der Waals surface area (Å²) in [6.07, 6.45) is 11.2. The molecule has 1 saturated heterocycles. The van der Waals surface area contributed by atoms with Crippen LogP contribution in [-0.2, 0) is 17.9 Å². The molecule has 222 valence electrons. The van der Waals surface area contributed by atoms with E-state index in [1.165, 1.54) is 49.8 Å². The Kier molecular flexibility index (Phi) is 10.5. The minimum absolute atomic E-state index is 0.243. The van der Waals surface area contributed by atoms with Crippen LogP contribution in [0.4, 0.5) is 10.2 Å². The van der Waals surface area contributed by atoms with Crippen LogP contribution in [-0.4, -0.2) is 44.1 Å². The van der Waals surface area contributed by atoms with Crippen molar-refractivity contribution >= 4 is 22.8 Å². The number of amides is 1. The van der Waals surface area contributed by atoms with E-state index in [2.05, 4.69) is 55.5 Å². The van der Waals surface area contributed by atoms with Gasteiger partial charge in [-0.25, -0.2) is 19.8 Å². The number of H-pyrrole nitrogens is 1. The van der Waals surface area contributed by atoms with E-state index in [1.54, 1.807) is 23.9 Å². The maximum absolute atomic E-state index is 13.2. The first-order chi connectivity index (χ1) is 20.6. The molecule has 4 N–H and O–H groups in total. The highest BCUT2D eigenvalue weighted by molar-refractivity contribution is 5.91. The fourth-order valence-electron chi connectivity index (χ4n) is 5.86. The van der Waals surface area contributed by atoms with Gasteiger partial charge in [0.05, 0.1) is 5.39 Å². The Morgan fingerprint density at radius 2 is 1.79 bits per heavy atom. The molecule has 9 heteroatoms. The van der Waals surface area contributed by atoms with E-state index in [1.807, 2.05) is 0 Å². The Morgan fingerprint density at radius 3 is 2.60 bits per heavy atom. The first kappa shape index (κ1) is 29.7. The predicted octanol–water partition coefficient (Wildman–Crippen LogP) is 6.82. The zero-order valence-corrected chi connectivity index (χ0v) is 24.1. The van der Waals surface area contributed by atoms with Gasteiger partial charge in [-0.05, 0) is 73.2 Å². The summed E-state index contributed by atoms with van der Waals surface area (Å²) < 4.78 is 13.2. The smallest absolute Gasteiger partial charge is 0.243 e. The van der Waals surface area contributed by atoms with Crippen LogP contribution in [0.2, 0.25) is 0 Å². The Labute approximate surface area is 246 Å². The summed E-state index contributed by atoms with van der Waals surface area (Å²) in [6.45, 7) is 3.76. The monoisotopic (exact) mass is 572 g/mol. The number of benzene rings is 2. The first-order valence-electron chi connectivity index (χ1n) is 15.1. The largest absolute Gasteiger partial charge is 0.365 e. The van der Waals surface area contributed by atoms with Crippen LogP contribution in [0.1, 0.15) is 68.9 Å². The van der Waals surface area contributed by atoms with Gasteiger partial charge in [0, 0.05) is 25.2 Å². The van der Waals surface area contributed by atoms with Gasteiger partial charge in [-0.1, -0.05) is 68.5 Å². The van der Waals surface area contributed by atoms with Crippen molar-refractivity contribution in [2.24, 2.45) is 5.92 Å². The minimum atomic E-state index is -0.290. The Balaban J connectivity index is 1.14. The molecule has 1 aliphatic heterocycles. The van der Waals surface area contributed by atoms with Crippen LogP contribution < -0.4 is 10.8 Å². The molecule has 3 heterocycles. The van der Waals surface area contributed by atoms with Gasteiger partial charge in [-0.15, -0.1) is 0 Å². The first-order valence-corrected chi connectivity index (χ1v) is 15.1. The molecular formula is C33H41FN6O2. The van der Waals surface area contributed by atoms with Crippen LogP contribution in [0.25, 0.3) is 22.3 Å². The van der Waals surface area contributed by atoms with E-state index in [9.17, 15) is 9.18 Å². The molecule has 0 bridgehead atoms.